The van der Waals surface area contributed by atoms with Crippen molar-refractivity contribution in [3.63, 3.8) is 0 Å². The van der Waals surface area contributed by atoms with Crippen molar-refractivity contribution in [2.24, 2.45) is 0 Å². The first kappa shape index (κ1) is 14.2. The Kier molecular flexibility index (Phi) is 4.45. The molecule has 2 N–H and O–H groups in total. The van der Waals surface area contributed by atoms with Gasteiger partial charge in [0.05, 0.1) is 0 Å². The minimum atomic E-state index is -0.959. The van der Waals surface area contributed by atoms with E-state index in [0.717, 1.165) is 25.0 Å². The molecule has 20 heavy (non-hydrogen) atoms. The zero-order chi connectivity index (χ0) is 14.5. The van der Waals surface area contributed by atoms with Gasteiger partial charge in [-0.05, 0) is 25.0 Å². The number of hydrogen-bond acceptors (Lipinski definition) is 3. The van der Waals surface area contributed by atoms with Crippen LogP contribution in [0, 0.1) is 11.6 Å². The number of aromatic amines is 1. The number of rotatable bonds is 5. The monoisotopic (exact) mass is 279 g/mol. The molecule has 0 atom stereocenters. The molecule has 1 aromatic heterocycles. The second kappa shape index (κ2) is 6.27. The van der Waals surface area contributed by atoms with Gasteiger partial charge in [-0.15, -0.1) is 0 Å². The van der Waals surface area contributed by atoms with Gasteiger partial charge in [0.1, 0.15) is 0 Å². The lowest BCUT2D eigenvalue weighted by Gasteiger charge is -2.07. The van der Waals surface area contributed by atoms with Gasteiger partial charge in [0.25, 0.3) is 5.56 Å². The molecule has 0 radical (unpaired) electrons. The molecular weight excluding hydrogens is 264 g/mol. The SMILES string of the molecule is CCCCc1cc(=O)[nH]c(Nc2ccc(F)c(F)c2)n1. The van der Waals surface area contributed by atoms with Gasteiger partial charge in [-0.3, -0.25) is 9.78 Å². The number of aromatic nitrogens is 2. The number of H-pyrrole nitrogens is 1. The van der Waals surface area contributed by atoms with Crippen molar-refractivity contribution < 1.29 is 8.78 Å². The van der Waals surface area contributed by atoms with Crippen LogP contribution in [0.15, 0.2) is 29.1 Å². The summed E-state index contributed by atoms with van der Waals surface area (Å²) in [5.74, 6) is -1.66. The summed E-state index contributed by atoms with van der Waals surface area (Å²) >= 11 is 0. The number of anilines is 2. The molecule has 0 bridgehead atoms. The number of nitrogens with zero attached hydrogens (tertiary/aromatic N) is 1. The van der Waals surface area contributed by atoms with Crippen LogP contribution in [-0.2, 0) is 6.42 Å². The molecule has 6 heteroatoms. The van der Waals surface area contributed by atoms with E-state index in [1.165, 1.54) is 12.1 Å². The van der Waals surface area contributed by atoms with Crippen LogP contribution in [0.4, 0.5) is 20.4 Å². The van der Waals surface area contributed by atoms with E-state index in [-0.39, 0.29) is 11.5 Å². The van der Waals surface area contributed by atoms with E-state index in [9.17, 15) is 13.6 Å². The Morgan fingerprint density at radius 3 is 2.75 bits per heavy atom. The van der Waals surface area contributed by atoms with Gasteiger partial charge >= 0.3 is 0 Å². The lowest BCUT2D eigenvalue weighted by Crippen LogP contribution is -2.12. The fourth-order valence-corrected chi connectivity index (χ4v) is 1.76. The van der Waals surface area contributed by atoms with Gasteiger partial charge in [0, 0.05) is 23.5 Å². The third-order valence-electron chi connectivity index (χ3n) is 2.76. The maximum Gasteiger partial charge on any atom is 0.252 e. The summed E-state index contributed by atoms with van der Waals surface area (Å²) in [5.41, 5.74) is 0.705. The number of unbranched alkanes of at least 4 members (excludes halogenated alkanes) is 1. The molecule has 0 aliphatic heterocycles. The molecule has 2 aromatic rings. The predicted octanol–water partition coefficient (Wildman–Crippen LogP) is 3.13. The summed E-state index contributed by atoms with van der Waals surface area (Å²) in [7, 11) is 0. The molecule has 0 saturated carbocycles. The van der Waals surface area contributed by atoms with E-state index >= 15 is 0 Å². The van der Waals surface area contributed by atoms with E-state index in [2.05, 4.69) is 15.3 Å². The second-order valence-electron chi connectivity index (χ2n) is 4.44. The van der Waals surface area contributed by atoms with Crippen molar-refractivity contribution in [1.29, 1.82) is 0 Å². The standard InChI is InChI=1S/C14H15F2N3O/c1-2-3-4-9-8-13(20)19-14(17-9)18-10-5-6-11(15)12(16)7-10/h5-8H,2-4H2,1H3,(H2,17,18,19,20). The summed E-state index contributed by atoms with van der Waals surface area (Å²) in [6.07, 6.45) is 2.63. The number of halogens is 2. The fourth-order valence-electron chi connectivity index (χ4n) is 1.76. The van der Waals surface area contributed by atoms with Crippen molar-refractivity contribution in [1.82, 2.24) is 9.97 Å². The number of aryl methyl sites for hydroxylation is 1. The zero-order valence-electron chi connectivity index (χ0n) is 11.0. The van der Waals surface area contributed by atoms with E-state index in [4.69, 9.17) is 0 Å². The lowest BCUT2D eigenvalue weighted by molar-refractivity contribution is 0.509. The maximum absolute atomic E-state index is 13.1. The molecule has 0 aliphatic rings. The largest absolute Gasteiger partial charge is 0.326 e. The molecule has 0 saturated heterocycles. The minimum Gasteiger partial charge on any atom is -0.326 e. The van der Waals surface area contributed by atoms with Gasteiger partial charge in [0.15, 0.2) is 11.6 Å². The third kappa shape index (κ3) is 3.63. The van der Waals surface area contributed by atoms with Crippen molar-refractivity contribution in [2.75, 3.05) is 5.32 Å². The zero-order valence-corrected chi connectivity index (χ0v) is 11.0. The summed E-state index contributed by atoms with van der Waals surface area (Å²) in [6, 6.07) is 4.83. The lowest BCUT2D eigenvalue weighted by atomic mass is 10.2. The van der Waals surface area contributed by atoms with Crippen LogP contribution in [0.25, 0.3) is 0 Å². The van der Waals surface area contributed by atoms with Crippen molar-refractivity contribution >= 4 is 11.6 Å². The average molecular weight is 279 g/mol. The van der Waals surface area contributed by atoms with Crippen LogP contribution in [0.5, 0.6) is 0 Å². The smallest absolute Gasteiger partial charge is 0.252 e. The average Bonchev–Trinajstić information content (AvgIpc) is 2.40. The van der Waals surface area contributed by atoms with Gasteiger partial charge in [0.2, 0.25) is 5.95 Å². The van der Waals surface area contributed by atoms with Crippen molar-refractivity contribution in [3.05, 3.63) is 51.9 Å². The number of hydrogen-bond donors (Lipinski definition) is 2. The Balaban J connectivity index is 2.21. The van der Waals surface area contributed by atoms with Crippen molar-refractivity contribution in [3.8, 4) is 0 Å². The highest BCUT2D eigenvalue weighted by Crippen LogP contribution is 2.16. The first-order chi connectivity index (χ1) is 9.58. The second-order valence-corrected chi connectivity index (χ2v) is 4.44. The summed E-state index contributed by atoms with van der Waals surface area (Å²) in [6.45, 7) is 2.05. The highest BCUT2D eigenvalue weighted by atomic mass is 19.2. The highest BCUT2D eigenvalue weighted by molar-refractivity contribution is 5.53. The summed E-state index contributed by atoms with van der Waals surface area (Å²) < 4.78 is 25.9. The van der Waals surface area contributed by atoms with Gasteiger partial charge in [-0.1, -0.05) is 13.3 Å². The van der Waals surface area contributed by atoms with E-state index in [0.29, 0.717) is 17.8 Å². The predicted molar refractivity (Wildman–Crippen MR) is 73.1 cm³/mol. The molecule has 106 valence electrons. The summed E-state index contributed by atoms with van der Waals surface area (Å²) in [4.78, 5) is 18.3. The quantitative estimate of drug-likeness (QED) is 0.884. The van der Waals surface area contributed by atoms with Crippen LogP contribution in [-0.4, -0.2) is 9.97 Å². The molecule has 1 aromatic carbocycles. The molecule has 0 fully saturated rings. The first-order valence-electron chi connectivity index (χ1n) is 6.41. The Morgan fingerprint density at radius 1 is 1.25 bits per heavy atom. The third-order valence-corrected chi connectivity index (χ3v) is 2.76. The van der Waals surface area contributed by atoms with E-state index in [1.54, 1.807) is 0 Å². The first-order valence-corrected chi connectivity index (χ1v) is 6.41. The van der Waals surface area contributed by atoms with Crippen LogP contribution in [0.3, 0.4) is 0 Å². The van der Waals surface area contributed by atoms with Crippen LogP contribution in [0.1, 0.15) is 25.5 Å². The molecule has 0 unspecified atom stereocenters. The van der Waals surface area contributed by atoms with E-state index in [1.807, 2.05) is 6.92 Å². The summed E-state index contributed by atoms with van der Waals surface area (Å²) in [5, 5.41) is 2.76. The molecular formula is C14H15F2N3O. The van der Waals surface area contributed by atoms with Gasteiger partial charge < -0.3 is 5.32 Å². The minimum absolute atomic E-state index is 0.217. The molecule has 0 aliphatic carbocycles. The fraction of sp³-hybridized carbons (Fsp3) is 0.286. The highest BCUT2D eigenvalue weighted by Gasteiger charge is 2.05. The Bertz CT molecular complexity index is 655. The Morgan fingerprint density at radius 2 is 2.05 bits per heavy atom. The van der Waals surface area contributed by atoms with Gasteiger partial charge in [-0.2, -0.15) is 0 Å². The molecule has 0 amide bonds. The Labute approximate surface area is 114 Å². The molecule has 0 spiro atoms. The van der Waals surface area contributed by atoms with Crippen LogP contribution < -0.4 is 10.9 Å². The normalized spacial score (nSPS) is 10.6. The number of benzene rings is 1. The maximum atomic E-state index is 13.1. The van der Waals surface area contributed by atoms with E-state index < -0.39 is 11.6 Å². The molecule has 2 rings (SSSR count). The molecule has 1 heterocycles. The van der Waals surface area contributed by atoms with Gasteiger partial charge in [-0.25, -0.2) is 13.8 Å². The van der Waals surface area contributed by atoms with Crippen LogP contribution >= 0.6 is 0 Å². The van der Waals surface area contributed by atoms with Crippen LogP contribution in [0.2, 0.25) is 0 Å². The van der Waals surface area contributed by atoms with Crippen molar-refractivity contribution in [2.45, 2.75) is 26.2 Å². The topological polar surface area (TPSA) is 57.8 Å². The molecule has 4 nitrogen and oxygen atoms in total. The Hall–Kier alpha value is -2.24. The number of nitrogens with one attached hydrogen (secondary N) is 2.